The first-order chi connectivity index (χ1) is 6.11. The molecule has 0 aromatic heterocycles. The van der Waals surface area contributed by atoms with Crippen LogP contribution in [0.25, 0.3) is 0 Å². The van der Waals surface area contributed by atoms with Crippen molar-refractivity contribution in [1.82, 2.24) is 0 Å². The van der Waals surface area contributed by atoms with Crippen molar-refractivity contribution in [3.8, 4) is 0 Å². The molecule has 0 bridgehead atoms. The van der Waals surface area contributed by atoms with Gasteiger partial charge in [-0.15, -0.1) is 0 Å². The van der Waals surface area contributed by atoms with Crippen molar-refractivity contribution in [1.29, 1.82) is 0 Å². The second kappa shape index (κ2) is 7.41. The molecule has 0 heterocycles. The van der Waals surface area contributed by atoms with E-state index in [1.807, 2.05) is 0 Å². The Labute approximate surface area is 85.1 Å². The largest absolute Gasteiger partial charge is 0.0654 e. The summed E-state index contributed by atoms with van der Waals surface area (Å²) >= 11 is 0. The van der Waals surface area contributed by atoms with Gasteiger partial charge in [-0.25, -0.2) is 0 Å². The molecule has 0 aromatic carbocycles. The molecule has 0 N–H and O–H groups in total. The maximum Gasteiger partial charge on any atom is -0.0417 e. The van der Waals surface area contributed by atoms with Gasteiger partial charge in [0.05, 0.1) is 0 Å². The maximum absolute atomic E-state index is 2.42. The van der Waals surface area contributed by atoms with Crippen LogP contribution < -0.4 is 0 Å². The van der Waals surface area contributed by atoms with E-state index in [0.29, 0.717) is 0 Å². The zero-order chi connectivity index (χ0) is 10.3. The predicted octanol–water partition coefficient (Wildman–Crippen LogP) is 4.89. The lowest BCUT2D eigenvalue weighted by molar-refractivity contribution is 0.312. The molecule has 0 spiro atoms. The molecule has 3 atom stereocenters. The molecule has 0 aliphatic carbocycles. The highest BCUT2D eigenvalue weighted by Gasteiger charge is 2.11. The van der Waals surface area contributed by atoms with Crippen LogP contribution in [-0.2, 0) is 0 Å². The zero-order valence-corrected chi connectivity index (χ0v) is 10.3. The first-order valence-electron chi connectivity index (χ1n) is 6.11. The fourth-order valence-electron chi connectivity index (χ4n) is 1.78. The van der Waals surface area contributed by atoms with E-state index in [4.69, 9.17) is 0 Å². The molecule has 13 heavy (non-hydrogen) atoms. The Morgan fingerprint density at radius 3 is 1.77 bits per heavy atom. The standard InChI is InChI=1S/C13H28/c1-6-8-12(4)13(5)10-9-11(3)7-2/h11-13H,6-10H2,1-5H3. The van der Waals surface area contributed by atoms with Gasteiger partial charge in [-0.1, -0.05) is 66.7 Å². The topological polar surface area (TPSA) is 0 Å². The summed E-state index contributed by atoms with van der Waals surface area (Å²) < 4.78 is 0. The summed E-state index contributed by atoms with van der Waals surface area (Å²) in [4.78, 5) is 0. The Bertz CT molecular complexity index is 107. The van der Waals surface area contributed by atoms with Crippen molar-refractivity contribution < 1.29 is 0 Å². The number of hydrogen-bond donors (Lipinski definition) is 0. The van der Waals surface area contributed by atoms with Gasteiger partial charge in [0.1, 0.15) is 0 Å². The molecule has 0 saturated heterocycles. The molecule has 0 aliphatic heterocycles. The Morgan fingerprint density at radius 2 is 1.31 bits per heavy atom. The summed E-state index contributed by atoms with van der Waals surface area (Å²) in [6, 6.07) is 0. The SMILES string of the molecule is CCCC(C)C(C)CCC(C)CC. The first kappa shape index (κ1) is 13.0. The minimum Gasteiger partial charge on any atom is -0.0654 e. The minimum absolute atomic E-state index is 0.925. The second-order valence-corrected chi connectivity index (χ2v) is 4.83. The molecule has 0 nitrogen and oxygen atoms in total. The molecule has 0 saturated carbocycles. The molecular formula is C13H28. The van der Waals surface area contributed by atoms with Crippen molar-refractivity contribution in [2.45, 2.75) is 66.7 Å². The summed E-state index contributed by atoms with van der Waals surface area (Å²) in [6.07, 6.45) is 6.94. The smallest absolute Gasteiger partial charge is 0.0417 e. The molecule has 3 unspecified atom stereocenters. The van der Waals surface area contributed by atoms with Gasteiger partial charge in [-0.05, 0) is 17.8 Å². The van der Waals surface area contributed by atoms with Crippen LogP contribution in [0, 0.1) is 17.8 Å². The van der Waals surface area contributed by atoms with Gasteiger partial charge in [0.25, 0.3) is 0 Å². The molecule has 0 rings (SSSR count). The fourth-order valence-corrected chi connectivity index (χ4v) is 1.78. The van der Waals surface area contributed by atoms with E-state index in [-0.39, 0.29) is 0 Å². The summed E-state index contributed by atoms with van der Waals surface area (Å²) in [5.74, 6) is 2.78. The molecule has 0 heteroatoms. The van der Waals surface area contributed by atoms with Crippen molar-refractivity contribution in [3.63, 3.8) is 0 Å². The molecule has 0 amide bonds. The van der Waals surface area contributed by atoms with Gasteiger partial charge in [-0.2, -0.15) is 0 Å². The normalized spacial score (nSPS) is 18.2. The van der Waals surface area contributed by atoms with Crippen LogP contribution in [0.3, 0.4) is 0 Å². The van der Waals surface area contributed by atoms with Gasteiger partial charge in [0, 0.05) is 0 Å². The van der Waals surface area contributed by atoms with Gasteiger partial charge >= 0.3 is 0 Å². The lowest BCUT2D eigenvalue weighted by Gasteiger charge is -2.20. The van der Waals surface area contributed by atoms with E-state index in [9.17, 15) is 0 Å². The van der Waals surface area contributed by atoms with Crippen LogP contribution in [0.4, 0.5) is 0 Å². The van der Waals surface area contributed by atoms with Gasteiger partial charge < -0.3 is 0 Å². The third kappa shape index (κ3) is 6.12. The monoisotopic (exact) mass is 184 g/mol. The van der Waals surface area contributed by atoms with Gasteiger partial charge in [-0.3, -0.25) is 0 Å². The van der Waals surface area contributed by atoms with Crippen LogP contribution in [0.15, 0.2) is 0 Å². The lowest BCUT2D eigenvalue weighted by atomic mass is 9.86. The molecule has 0 radical (unpaired) electrons. The maximum atomic E-state index is 2.42. The van der Waals surface area contributed by atoms with Crippen LogP contribution in [0.1, 0.15) is 66.7 Å². The van der Waals surface area contributed by atoms with Crippen LogP contribution in [0.2, 0.25) is 0 Å². The van der Waals surface area contributed by atoms with Crippen LogP contribution >= 0.6 is 0 Å². The van der Waals surface area contributed by atoms with Gasteiger partial charge in [0.15, 0.2) is 0 Å². The van der Waals surface area contributed by atoms with Crippen molar-refractivity contribution in [2.75, 3.05) is 0 Å². The molecule has 0 aromatic rings. The highest BCUT2D eigenvalue weighted by Crippen LogP contribution is 2.23. The number of rotatable bonds is 7. The third-order valence-corrected chi connectivity index (χ3v) is 3.53. The first-order valence-corrected chi connectivity index (χ1v) is 6.11. The van der Waals surface area contributed by atoms with E-state index in [1.54, 1.807) is 0 Å². The highest BCUT2D eigenvalue weighted by molar-refractivity contribution is 4.63. The molecular weight excluding hydrogens is 156 g/mol. The summed E-state index contributed by atoms with van der Waals surface area (Å²) in [6.45, 7) is 11.8. The Hall–Kier alpha value is 0. The Balaban J connectivity index is 3.54. The average molecular weight is 184 g/mol. The molecule has 0 aliphatic rings. The summed E-state index contributed by atoms with van der Waals surface area (Å²) in [5.41, 5.74) is 0. The Morgan fingerprint density at radius 1 is 0.769 bits per heavy atom. The van der Waals surface area contributed by atoms with Crippen molar-refractivity contribution >= 4 is 0 Å². The van der Waals surface area contributed by atoms with Crippen molar-refractivity contribution in [2.24, 2.45) is 17.8 Å². The van der Waals surface area contributed by atoms with E-state index in [1.165, 1.54) is 32.1 Å². The zero-order valence-electron chi connectivity index (χ0n) is 10.3. The van der Waals surface area contributed by atoms with E-state index in [0.717, 1.165) is 17.8 Å². The van der Waals surface area contributed by atoms with Crippen molar-refractivity contribution in [3.05, 3.63) is 0 Å². The van der Waals surface area contributed by atoms with Crippen LogP contribution in [0.5, 0.6) is 0 Å². The van der Waals surface area contributed by atoms with E-state index < -0.39 is 0 Å². The Kier molecular flexibility index (Phi) is 7.41. The average Bonchev–Trinajstić information content (AvgIpc) is 2.13. The lowest BCUT2D eigenvalue weighted by Crippen LogP contribution is -2.09. The molecule has 80 valence electrons. The van der Waals surface area contributed by atoms with Gasteiger partial charge in [0.2, 0.25) is 0 Å². The summed E-state index contributed by atoms with van der Waals surface area (Å²) in [5, 5.41) is 0. The van der Waals surface area contributed by atoms with Crippen LogP contribution in [-0.4, -0.2) is 0 Å². The highest BCUT2D eigenvalue weighted by atomic mass is 14.2. The predicted molar refractivity (Wildman–Crippen MR) is 61.9 cm³/mol. The van der Waals surface area contributed by atoms with E-state index >= 15 is 0 Å². The minimum atomic E-state index is 0.925. The second-order valence-electron chi connectivity index (χ2n) is 4.83. The quantitative estimate of drug-likeness (QED) is 0.528. The fraction of sp³-hybridized carbons (Fsp3) is 1.00. The van der Waals surface area contributed by atoms with E-state index in [2.05, 4.69) is 34.6 Å². The molecule has 0 fully saturated rings. The summed E-state index contributed by atoms with van der Waals surface area (Å²) in [7, 11) is 0. The third-order valence-electron chi connectivity index (χ3n) is 3.53. The number of hydrogen-bond acceptors (Lipinski definition) is 0.